The van der Waals surface area contributed by atoms with Crippen molar-refractivity contribution in [2.45, 2.75) is 90.9 Å². The standard InChI is InChI=1S/C32H62O11/c1-3-5-6-7-8-9-10-11-12-14-32(34)43-30-28-41-26-24-39-22-20-37-18-16-35-15-17-36-19-21-38-23-25-40-27-29-42-31(33)13-4-2/h3-30H2,1-2H3. The number of carbonyl (C=O) groups excluding carboxylic acids is 2. The molecule has 0 aromatic carbocycles. The maximum Gasteiger partial charge on any atom is 0.305 e. The predicted octanol–water partition coefficient (Wildman–Crippen LogP) is 4.91. The van der Waals surface area contributed by atoms with E-state index in [0.717, 1.165) is 19.3 Å². The van der Waals surface area contributed by atoms with E-state index in [-0.39, 0.29) is 25.2 Å². The first-order valence-electron chi connectivity index (χ1n) is 16.6. The number of hydrogen-bond acceptors (Lipinski definition) is 11. The van der Waals surface area contributed by atoms with E-state index in [2.05, 4.69) is 6.92 Å². The molecule has 0 fully saturated rings. The van der Waals surface area contributed by atoms with Gasteiger partial charge in [0, 0.05) is 12.8 Å². The summed E-state index contributed by atoms with van der Waals surface area (Å²) in [4.78, 5) is 22.9. The fourth-order valence-corrected chi connectivity index (χ4v) is 3.78. The minimum Gasteiger partial charge on any atom is -0.463 e. The van der Waals surface area contributed by atoms with Crippen LogP contribution in [0, 0.1) is 0 Å². The van der Waals surface area contributed by atoms with Crippen LogP contribution < -0.4 is 0 Å². The van der Waals surface area contributed by atoms with Crippen molar-refractivity contribution in [1.29, 1.82) is 0 Å². The van der Waals surface area contributed by atoms with E-state index in [1.807, 2.05) is 6.92 Å². The Labute approximate surface area is 260 Å². The van der Waals surface area contributed by atoms with Gasteiger partial charge in [-0.3, -0.25) is 9.59 Å². The van der Waals surface area contributed by atoms with Crippen molar-refractivity contribution in [2.75, 3.05) is 106 Å². The van der Waals surface area contributed by atoms with Gasteiger partial charge in [-0.25, -0.2) is 0 Å². The molecular formula is C32H62O11. The van der Waals surface area contributed by atoms with E-state index >= 15 is 0 Å². The van der Waals surface area contributed by atoms with Crippen LogP contribution in [-0.4, -0.2) is 118 Å². The van der Waals surface area contributed by atoms with E-state index in [4.69, 9.17) is 42.6 Å². The van der Waals surface area contributed by atoms with Crippen molar-refractivity contribution >= 4 is 11.9 Å². The number of rotatable bonds is 36. The first-order chi connectivity index (χ1) is 21.2. The van der Waals surface area contributed by atoms with Crippen LogP contribution in [0.4, 0.5) is 0 Å². The molecule has 0 spiro atoms. The summed E-state index contributed by atoms with van der Waals surface area (Å²) in [6, 6.07) is 0. The van der Waals surface area contributed by atoms with E-state index < -0.39 is 0 Å². The highest BCUT2D eigenvalue weighted by molar-refractivity contribution is 5.69. The highest BCUT2D eigenvalue weighted by Gasteiger charge is 2.03. The zero-order chi connectivity index (χ0) is 31.3. The van der Waals surface area contributed by atoms with Gasteiger partial charge in [-0.2, -0.15) is 0 Å². The molecule has 0 aliphatic heterocycles. The second kappa shape index (κ2) is 36.8. The van der Waals surface area contributed by atoms with Crippen LogP contribution in [0.5, 0.6) is 0 Å². The van der Waals surface area contributed by atoms with Gasteiger partial charge >= 0.3 is 11.9 Å². The normalized spacial score (nSPS) is 11.2. The monoisotopic (exact) mass is 622 g/mol. The number of esters is 2. The van der Waals surface area contributed by atoms with E-state index in [0.29, 0.717) is 105 Å². The van der Waals surface area contributed by atoms with Crippen LogP contribution in [0.1, 0.15) is 90.9 Å². The average Bonchev–Trinajstić information content (AvgIpc) is 3.00. The average molecular weight is 623 g/mol. The molecule has 0 aliphatic carbocycles. The van der Waals surface area contributed by atoms with Crippen molar-refractivity contribution in [3.63, 3.8) is 0 Å². The maximum atomic E-state index is 11.7. The van der Waals surface area contributed by atoms with Gasteiger partial charge in [-0.1, -0.05) is 65.2 Å². The molecule has 0 aromatic rings. The van der Waals surface area contributed by atoms with Crippen molar-refractivity contribution in [1.82, 2.24) is 0 Å². The Kier molecular flexibility index (Phi) is 35.7. The molecule has 0 rings (SSSR count). The van der Waals surface area contributed by atoms with Crippen molar-refractivity contribution in [3.8, 4) is 0 Å². The molecule has 0 amide bonds. The molecule has 0 bridgehead atoms. The summed E-state index contributed by atoms with van der Waals surface area (Å²) in [7, 11) is 0. The molecule has 0 saturated carbocycles. The summed E-state index contributed by atoms with van der Waals surface area (Å²) in [5, 5.41) is 0. The lowest BCUT2D eigenvalue weighted by atomic mass is 10.1. The Morgan fingerprint density at radius 1 is 0.326 bits per heavy atom. The second-order valence-electron chi connectivity index (χ2n) is 10.1. The largest absolute Gasteiger partial charge is 0.463 e. The zero-order valence-corrected chi connectivity index (χ0v) is 27.3. The van der Waals surface area contributed by atoms with Crippen LogP contribution in [0.25, 0.3) is 0 Å². The second-order valence-corrected chi connectivity index (χ2v) is 10.1. The summed E-state index contributed by atoms with van der Waals surface area (Å²) in [5.74, 6) is -0.326. The third-order valence-electron chi connectivity index (χ3n) is 6.15. The lowest BCUT2D eigenvalue weighted by molar-refractivity contribution is -0.146. The molecule has 43 heavy (non-hydrogen) atoms. The Balaban J connectivity index is 3.13. The van der Waals surface area contributed by atoms with Crippen molar-refractivity contribution < 1.29 is 52.2 Å². The molecule has 11 nitrogen and oxygen atoms in total. The summed E-state index contributed by atoms with van der Waals surface area (Å²) >= 11 is 0. The maximum absolute atomic E-state index is 11.7. The van der Waals surface area contributed by atoms with Gasteiger partial charge in [-0.05, 0) is 12.8 Å². The Hall–Kier alpha value is -1.34. The van der Waals surface area contributed by atoms with Crippen LogP contribution in [-0.2, 0) is 52.2 Å². The van der Waals surface area contributed by atoms with Gasteiger partial charge in [0.05, 0.1) is 92.5 Å². The number of unbranched alkanes of at least 4 members (excludes halogenated alkanes) is 8. The summed E-state index contributed by atoms with van der Waals surface area (Å²) in [5.41, 5.74) is 0. The minimum absolute atomic E-state index is 0.138. The van der Waals surface area contributed by atoms with Crippen LogP contribution in [0.2, 0.25) is 0 Å². The van der Waals surface area contributed by atoms with E-state index in [9.17, 15) is 9.59 Å². The Morgan fingerprint density at radius 3 is 0.930 bits per heavy atom. The number of carbonyl (C=O) groups is 2. The van der Waals surface area contributed by atoms with E-state index in [1.165, 1.54) is 44.9 Å². The number of hydrogen-bond donors (Lipinski definition) is 0. The highest BCUT2D eigenvalue weighted by Crippen LogP contribution is 2.10. The first-order valence-corrected chi connectivity index (χ1v) is 16.6. The topological polar surface area (TPSA) is 117 Å². The molecule has 0 N–H and O–H groups in total. The molecule has 0 heterocycles. The van der Waals surface area contributed by atoms with Gasteiger partial charge in [0.15, 0.2) is 0 Å². The molecule has 0 aliphatic rings. The van der Waals surface area contributed by atoms with Gasteiger partial charge in [0.25, 0.3) is 0 Å². The molecule has 11 heteroatoms. The van der Waals surface area contributed by atoms with Gasteiger partial charge in [0.1, 0.15) is 13.2 Å². The zero-order valence-electron chi connectivity index (χ0n) is 27.3. The minimum atomic E-state index is -0.188. The first kappa shape index (κ1) is 41.7. The summed E-state index contributed by atoms with van der Waals surface area (Å²) < 4.78 is 48.2. The lowest BCUT2D eigenvalue weighted by Gasteiger charge is -2.09. The molecule has 256 valence electrons. The van der Waals surface area contributed by atoms with Gasteiger partial charge in [-0.15, -0.1) is 0 Å². The molecule has 0 unspecified atom stereocenters. The molecule has 0 aromatic heterocycles. The van der Waals surface area contributed by atoms with Gasteiger partial charge < -0.3 is 42.6 Å². The van der Waals surface area contributed by atoms with Crippen LogP contribution in [0.15, 0.2) is 0 Å². The van der Waals surface area contributed by atoms with Gasteiger partial charge in [0.2, 0.25) is 0 Å². The summed E-state index contributed by atoms with van der Waals surface area (Å²) in [6.45, 7) is 11.2. The van der Waals surface area contributed by atoms with Crippen molar-refractivity contribution in [2.24, 2.45) is 0 Å². The molecule has 0 atom stereocenters. The highest BCUT2D eigenvalue weighted by atomic mass is 16.6. The Morgan fingerprint density at radius 2 is 0.605 bits per heavy atom. The lowest BCUT2D eigenvalue weighted by Crippen LogP contribution is -2.15. The van der Waals surface area contributed by atoms with E-state index in [1.54, 1.807) is 0 Å². The molecular weight excluding hydrogens is 560 g/mol. The number of ether oxygens (including phenoxy) is 9. The quantitative estimate of drug-likeness (QED) is 0.0701. The third-order valence-corrected chi connectivity index (χ3v) is 6.15. The SMILES string of the molecule is CCCCCCCCCCCC(=O)OCCOCCOCCOCCOCCOCCOCCOCCOC(=O)CCC. The van der Waals surface area contributed by atoms with Crippen molar-refractivity contribution in [3.05, 3.63) is 0 Å². The summed E-state index contributed by atoms with van der Waals surface area (Å²) in [6.07, 6.45) is 12.8. The molecule has 0 radical (unpaired) electrons. The van der Waals surface area contributed by atoms with Crippen LogP contribution >= 0.6 is 0 Å². The fraction of sp³-hybridized carbons (Fsp3) is 0.938. The Bertz CT molecular complexity index is 578. The van der Waals surface area contributed by atoms with Crippen LogP contribution in [0.3, 0.4) is 0 Å². The predicted molar refractivity (Wildman–Crippen MR) is 164 cm³/mol. The molecule has 0 saturated heterocycles. The smallest absolute Gasteiger partial charge is 0.305 e. The fourth-order valence-electron chi connectivity index (χ4n) is 3.78. The third kappa shape index (κ3) is 36.8.